The Hall–Kier alpha value is -1.40. The fourth-order valence-corrected chi connectivity index (χ4v) is 6.52. The van der Waals surface area contributed by atoms with Crippen molar-refractivity contribution in [2.45, 2.75) is 143 Å². The summed E-state index contributed by atoms with van der Waals surface area (Å²) >= 11 is 0. The van der Waals surface area contributed by atoms with E-state index in [4.69, 9.17) is 14.2 Å². The molecule has 0 spiro atoms. The first-order chi connectivity index (χ1) is 19.6. The van der Waals surface area contributed by atoms with Crippen LogP contribution >= 0.6 is 0 Å². The topological polar surface area (TPSA) is 82.1 Å². The summed E-state index contributed by atoms with van der Waals surface area (Å²) < 4.78 is 17.2. The second kappa shape index (κ2) is 19.7. The van der Waals surface area contributed by atoms with E-state index in [0.717, 1.165) is 63.4 Å². The maximum Gasteiger partial charge on any atom is 0.333 e. The van der Waals surface area contributed by atoms with Gasteiger partial charge in [0.05, 0.1) is 31.3 Å². The van der Waals surface area contributed by atoms with E-state index in [1.165, 1.54) is 64.2 Å². The van der Waals surface area contributed by atoms with Crippen molar-refractivity contribution >= 4 is 11.9 Å². The Bertz CT molecular complexity index is 746. The first-order valence-electron chi connectivity index (χ1n) is 16.9. The molecule has 0 radical (unpaired) electrons. The van der Waals surface area contributed by atoms with Crippen LogP contribution in [0.2, 0.25) is 0 Å². The Balaban J connectivity index is 1.65. The molecule has 2 aliphatic carbocycles. The number of aliphatic hydroxyl groups excluding tert-OH is 1. The van der Waals surface area contributed by atoms with Gasteiger partial charge in [0.1, 0.15) is 0 Å². The van der Waals surface area contributed by atoms with Crippen LogP contribution in [0.3, 0.4) is 0 Å². The van der Waals surface area contributed by atoms with Crippen molar-refractivity contribution in [2.24, 2.45) is 29.1 Å². The highest BCUT2D eigenvalue weighted by Crippen LogP contribution is 2.35. The Morgan fingerprint density at radius 1 is 0.829 bits per heavy atom. The van der Waals surface area contributed by atoms with Crippen molar-refractivity contribution in [3.63, 3.8) is 0 Å². The maximum atomic E-state index is 12.3. The van der Waals surface area contributed by atoms with E-state index in [-0.39, 0.29) is 18.5 Å². The van der Waals surface area contributed by atoms with E-state index in [2.05, 4.69) is 13.5 Å². The number of carbonyl (C=O) groups excluding carboxylic acids is 2. The van der Waals surface area contributed by atoms with Crippen molar-refractivity contribution in [2.75, 3.05) is 26.4 Å². The zero-order valence-corrected chi connectivity index (χ0v) is 26.9. The molecular weight excluding hydrogens is 516 g/mol. The van der Waals surface area contributed by atoms with Crippen LogP contribution in [0.5, 0.6) is 0 Å². The minimum absolute atomic E-state index is 0.238. The van der Waals surface area contributed by atoms with Gasteiger partial charge in [-0.3, -0.25) is 4.79 Å². The molecule has 0 heterocycles. The molecule has 2 aliphatic rings. The molecule has 2 saturated carbocycles. The van der Waals surface area contributed by atoms with Crippen molar-refractivity contribution in [1.29, 1.82) is 0 Å². The molecule has 6 heteroatoms. The lowest BCUT2D eigenvalue weighted by molar-refractivity contribution is -0.156. The molecule has 2 fully saturated rings. The molecule has 0 aliphatic heterocycles. The molecule has 1 unspecified atom stereocenters. The summed E-state index contributed by atoms with van der Waals surface area (Å²) in [6, 6.07) is 0. The van der Waals surface area contributed by atoms with Crippen molar-refractivity contribution < 1.29 is 28.9 Å². The van der Waals surface area contributed by atoms with Gasteiger partial charge >= 0.3 is 11.9 Å². The van der Waals surface area contributed by atoms with Gasteiger partial charge in [0.15, 0.2) is 0 Å². The van der Waals surface area contributed by atoms with Gasteiger partial charge in [0.25, 0.3) is 0 Å². The van der Waals surface area contributed by atoms with Crippen LogP contribution in [0.1, 0.15) is 137 Å². The minimum atomic E-state index is -0.891. The number of unbranched alkanes of at least 4 members (excludes halogenated alkanes) is 2. The Morgan fingerprint density at radius 3 is 1.95 bits per heavy atom. The number of ether oxygens (including phenoxy) is 3. The molecule has 41 heavy (non-hydrogen) atoms. The lowest BCUT2D eigenvalue weighted by Gasteiger charge is -2.31. The van der Waals surface area contributed by atoms with E-state index in [1.54, 1.807) is 20.8 Å². The molecule has 238 valence electrons. The lowest BCUT2D eigenvalue weighted by atomic mass is 9.78. The van der Waals surface area contributed by atoms with Crippen molar-refractivity contribution in [3.05, 3.63) is 12.2 Å². The molecule has 0 aromatic rings. The summed E-state index contributed by atoms with van der Waals surface area (Å²) in [7, 11) is 0. The summed E-state index contributed by atoms with van der Waals surface area (Å²) in [5.41, 5.74) is -0.483. The van der Waals surface area contributed by atoms with Crippen LogP contribution in [0.25, 0.3) is 0 Å². The van der Waals surface area contributed by atoms with Crippen LogP contribution in [0, 0.1) is 29.1 Å². The molecule has 0 amide bonds. The Morgan fingerprint density at radius 2 is 1.39 bits per heavy atom. The largest absolute Gasteiger partial charge is 0.465 e. The summed E-state index contributed by atoms with van der Waals surface area (Å²) in [4.78, 5) is 24.1. The van der Waals surface area contributed by atoms with Gasteiger partial charge in [-0.2, -0.15) is 0 Å². The molecule has 0 aromatic heterocycles. The average Bonchev–Trinajstić information content (AvgIpc) is 2.96. The van der Waals surface area contributed by atoms with E-state index in [0.29, 0.717) is 36.7 Å². The minimum Gasteiger partial charge on any atom is -0.465 e. The zero-order valence-electron chi connectivity index (χ0n) is 26.9. The molecule has 6 nitrogen and oxygen atoms in total. The predicted octanol–water partition coefficient (Wildman–Crippen LogP) is 8.20. The van der Waals surface area contributed by atoms with Gasteiger partial charge in [-0.15, -0.1) is 0 Å². The second-order valence-electron chi connectivity index (χ2n) is 13.8. The van der Waals surface area contributed by atoms with E-state index in [1.807, 2.05) is 0 Å². The number of aliphatic hydroxyl groups is 1. The highest BCUT2D eigenvalue weighted by atomic mass is 16.5. The van der Waals surface area contributed by atoms with E-state index < -0.39 is 5.41 Å². The van der Waals surface area contributed by atoms with Gasteiger partial charge < -0.3 is 19.3 Å². The molecule has 2 rings (SSSR count). The highest BCUT2D eigenvalue weighted by Gasteiger charge is 2.29. The van der Waals surface area contributed by atoms with Crippen LogP contribution in [-0.2, 0) is 23.8 Å². The van der Waals surface area contributed by atoms with Gasteiger partial charge in [0.2, 0.25) is 0 Å². The first-order valence-corrected chi connectivity index (χ1v) is 16.9. The van der Waals surface area contributed by atoms with E-state index >= 15 is 0 Å². The molecule has 0 aromatic carbocycles. The SMILES string of the molecule is C=C(C)C(=O)OCCC(CCOC(=O)C(C)(C)CO)CC1CCC(OCCCC2CCC(CCCCC)CC2)CC1. The third-order valence-corrected chi connectivity index (χ3v) is 9.57. The highest BCUT2D eigenvalue weighted by molar-refractivity contribution is 5.86. The predicted molar refractivity (Wildman–Crippen MR) is 165 cm³/mol. The number of esters is 2. The monoisotopic (exact) mass is 578 g/mol. The maximum absolute atomic E-state index is 12.3. The molecular formula is C35H62O6. The first kappa shape index (κ1) is 35.8. The lowest BCUT2D eigenvalue weighted by Crippen LogP contribution is -2.31. The number of hydrogen-bond donors (Lipinski definition) is 1. The van der Waals surface area contributed by atoms with Gasteiger partial charge in [0, 0.05) is 12.2 Å². The van der Waals surface area contributed by atoms with Crippen LogP contribution in [0.15, 0.2) is 12.2 Å². The molecule has 1 N–H and O–H groups in total. The number of carbonyl (C=O) groups is 2. The van der Waals surface area contributed by atoms with E-state index in [9.17, 15) is 14.7 Å². The fourth-order valence-electron chi connectivity index (χ4n) is 6.52. The van der Waals surface area contributed by atoms with Gasteiger partial charge in [-0.1, -0.05) is 64.9 Å². The van der Waals surface area contributed by atoms with Crippen molar-refractivity contribution in [1.82, 2.24) is 0 Å². The van der Waals surface area contributed by atoms with Gasteiger partial charge in [-0.25, -0.2) is 4.79 Å². The quantitative estimate of drug-likeness (QED) is 0.0891. The smallest absolute Gasteiger partial charge is 0.333 e. The second-order valence-corrected chi connectivity index (χ2v) is 13.8. The van der Waals surface area contributed by atoms with Gasteiger partial charge in [-0.05, 0) is 102 Å². The third-order valence-electron chi connectivity index (χ3n) is 9.57. The fraction of sp³-hybridized carbons (Fsp3) is 0.886. The Labute approximate surface area is 251 Å². The summed E-state index contributed by atoms with van der Waals surface area (Å²) in [6.45, 7) is 12.3. The Kier molecular flexibility index (Phi) is 17.2. The van der Waals surface area contributed by atoms with Crippen LogP contribution in [-0.4, -0.2) is 49.6 Å². The molecule has 1 atom stereocenters. The zero-order chi connectivity index (χ0) is 30.1. The normalized spacial score (nSPS) is 24.0. The average molecular weight is 579 g/mol. The number of rotatable bonds is 20. The third kappa shape index (κ3) is 14.6. The summed E-state index contributed by atoms with van der Waals surface area (Å²) in [5, 5.41) is 9.42. The summed E-state index contributed by atoms with van der Waals surface area (Å²) in [5.74, 6) is 2.10. The molecule has 0 bridgehead atoms. The standard InChI is InChI=1S/C35H62O6/c1-6-7-8-10-28-12-14-29(15-13-28)11-9-22-39-32-18-16-30(17-19-32)25-31(20-23-40-33(37)27(2)3)21-24-41-34(38)35(4,5)26-36/h28-32,36H,2,6-26H2,1,3-5H3. The van der Waals surface area contributed by atoms with Crippen LogP contribution in [0.4, 0.5) is 0 Å². The summed E-state index contributed by atoms with van der Waals surface area (Å²) in [6.07, 6.45) is 21.3. The molecule has 0 saturated heterocycles. The van der Waals surface area contributed by atoms with Crippen LogP contribution < -0.4 is 0 Å². The van der Waals surface area contributed by atoms with Crippen molar-refractivity contribution in [3.8, 4) is 0 Å². The number of hydrogen-bond acceptors (Lipinski definition) is 6.